The van der Waals surface area contributed by atoms with E-state index in [4.69, 9.17) is 0 Å². The van der Waals surface area contributed by atoms with Crippen molar-refractivity contribution in [3.8, 4) is 0 Å². The summed E-state index contributed by atoms with van der Waals surface area (Å²) < 4.78 is 0. The zero-order chi connectivity index (χ0) is 17.1. The quantitative estimate of drug-likeness (QED) is 0.896. The fourth-order valence-electron chi connectivity index (χ4n) is 3.78. The Labute approximate surface area is 147 Å². The van der Waals surface area contributed by atoms with Crippen LogP contribution in [0.25, 0.3) is 0 Å². The second-order valence-corrected chi connectivity index (χ2v) is 6.83. The molecule has 0 spiro atoms. The number of H-pyrrole nitrogens is 1. The van der Waals surface area contributed by atoms with Gasteiger partial charge in [-0.05, 0) is 31.4 Å². The molecule has 0 bridgehead atoms. The Bertz CT molecular complexity index is 689. The number of rotatable bonds is 3. The largest absolute Gasteiger partial charge is 0.354 e. The number of hydrogen-bond donors (Lipinski definition) is 2. The Balaban J connectivity index is 1.31. The molecule has 2 saturated heterocycles. The van der Waals surface area contributed by atoms with E-state index in [1.54, 1.807) is 6.20 Å². The van der Waals surface area contributed by atoms with Crippen molar-refractivity contribution in [2.45, 2.75) is 31.2 Å². The fourth-order valence-corrected chi connectivity index (χ4v) is 3.78. The molecular weight excluding hydrogens is 316 g/mol. The summed E-state index contributed by atoms with van der Waals surface area (Å²) in [5.41, 5.74) is 0. The van der Waals surface area contributed by atoms with Crippen molar-refractivity contribution >= 4 is 11.8 Å². The van der Waals surface area contributed by atoms with Gasteiger partial charge in [-0.3, -0.25) is 0 Å². The molecule has 2 aliphatic rings. The lowest BCUT2D eigenvalue weighted by molar-refractivity contribution is 0.175. The van der Waals surface area contributed by atoms with E-state index in [-0.39, 0.29) is 12.1 Å². The smallest absolute Gasteiger partial charge is 0.317 e. The number of carbonyl (C=O) groups excluding carboxylic acids is 1. The Morgan fingerprint density at radius 2 is 2.12 bits per heavy atom. The molecule has 2 aliphatic heterocycles. The number of imidazole rings is 1. The van der Waals surface area contributed by atoms with Crippen LogP contribution in [0.2, 0.25) is 0 Å². The molecule has 0 radical (unpaired) electrons. The van der Waals surface area contributed by atoms with Crippen LogP contribution in [0, 0.1) is 0 Å². The van der Waals surface area contributed by atoms with E-state index in [2.05, 4.69) is 25.2 Å². The monoisotopic (exact) mass is 340 g/mol. The lowest BCUT2D eigenvalue weighted by atomic mass is 9.97. The molecule has 2 N–H and O–H groups in total. The van der Waals surface area contributed by atoms with E-state index in [9.17, 15) is 4.79 Å². The first kappa shape index (κ1) is 15.9. The third-order valence-electron chi connectivity index (χ3n) is 5.10. The molecular formula is C18H24N6O. The van der Waals surface area contributed by atoms with Crippen molar-refractivity contribution in [3.63, 3.8) is 0 Å². The minimum atomic E-state index is 0.0455. The van der Waals surface area contributed by atoms with Crippen LogP contribution >= 0.6 is 0 Å². The van der Waals surface area contributed by atoms with Gasteiger partial charge in [0.15, 0.2) is 0 Å². The maximum Gasteiger partial charge on any atom is 0.317 e. The normalized spacial score (nSPS) is 23.7. The van der Waals surface area contributed by atoms with E-state index >= 15 is 0 Å². The summed E-state index contributed by atoms with van der Waals surface area (Å²) >= 11 is 0. The van der Waals surface area contributed by atoms with E-state index < -0.39 is 0 Å². The summed E-state index contributed by atoms with van der Waals surface area (Å²) in [4.78, 5) is 28.8. The van der Waals surface area contributed by atoms with Gasteiger partial charge in [0.2, 0.25) is 0 Å². The number of hydrogen-bond acceptors (Lipinski definition) is 4. The van der Waals surface area contributed by atoms with Crippen LogP contribution in [0.15, 0.2) is 36.8 Å². The Morgan fingerprint density at radius 3 is 2.92 bits per heavy atom. The summed E-state index contributed by atoms with van der Waals surface area (Å²) in [6, 6.07) is 6.16. The maximum absolute atomic E-state index is 12.7. The van der Waals surface area contributed by atoms with Crippen LogP contribution in [0.5, 0.6) is 0 Å². The van der Waals surface area contributed by atoms with Gasteiger partial charge in [-0.1, -0.05) is 6.07 Å². The number of amides is 2. The first-order valence-electron chi connectivity index (χ1n) is 9.00. The summed E-state index contributed by atoms with van der Waals surface area (Å²) in [6.45, 7) is 3.30. The molecule has 25 heavy (non-hydrogen) atoms. The Hall–Kier alpha value is -2.57. The van der Waals surface area contributed by atoms with E-state index in [0.29, 0.717) is 5.92 Å². The average molecular weight is 340 g/mol. The van der Waals surface area contributed by atoms with Crippen LogP contribution in [0.3, 0.4) is 0 Å². The van der Waals surface area contributed by atoms with Crippen molar-refractivity contribution in [1.82, 2.24) is 25.2 Å². The zero-order valence-corrected chi connectivity index (χ0v) is 14.3. The van der Waals surface area contributed by atoms with E-state index in [1.165, 1.54) is 0 Å². The van der Waals surface area contributed by atoms with Crippen LogP contribution in [0.4, 0.5) is 10.6 Å². The molecule has 0 aliphatic carbocycles. The molecule has 2 aromatic rings. The Morgan fingerprint density at radius 1 is 1.16 bits per heavy atom. The van der Waals surface area contributed by atoms with Crippen molar-refractivity contribution in [2.75, 3.05) is 31.1 Å². The molecule has 0 aromatic carbocycles. The van der Waals surface area contributed by atoms with Gasteiger partial charge in [-0.25, -0.2) is 14.8 Å². The number of nitrogens with zero attached hydrogens (tertiary/aromatic N) is 4. The van der Waals surface area contributed by atoms with Gasteiger partial charge in [0.05, 0.1) is 0 Å². The number of piperidine rings is 1. The third-order valence-corrected chi connectivity index (χ3v) is 5.10. The lowest BCUT2D eigenvalue weighted by Gasteiger charge is -2.32. The molecule has 7 heteroatoms. The van der Waals surface area contributed by atoms with Crippen molar-refractivity contribution < 1.29 is 4.79 Å². The van der Waals surface area contributed by atoms with Gasteiger partial charge in [0, 0.05) is 56.7 Å². The van der Waals surface area contributed by atoms with Crippen molar-refractivity contribution in [2.24, 2.45) is 0 Å². The minimum Gasteiger partial charge on any atom is -0.354 e. The summed E-state index contributed by atoms with van der Waals surface area (Å²) in [5.74, 6) is 2.28. The first-order valence-corrected chi connectivity index (χ1v) is 9.00. The number of pyridine rings is 1. The Kier molecular flexibility index (Phi) is 4.54. The van der Waals surface area contributed by atoms with Gasteiger partial charge in [-0.2, -0.15) is 0 Å². The number of aromatic nitrogens is 3. The standard InChI is InChI=1S/C18H24N6O/c25-18(24-10-3-4-14(12-24)17-20-8-9-21-17)22-15-6-11-23(13-15)16-5-1-2-7-19-16/h1-2,5,7-9,14-15H,3-4,6,10-13H2,(H,20,21)(H,22,25). The topological polar surface area (TPSA) is 77.2 Å². The average Bonchev–Trinajstić information content (AvgIpc) is 3.35. The molecule has 0 saturated carbocycles. The number of carbonyl (C=O) groups is 1. The number of aromatic amines is 1. The number of nitrogens with one attached hydrogen (secondary N) is 2. The maximum atomic E-state index is 12.7. The summed E-state index contributed by atoms with van der Waals surface area (Å²) in [5, 5.41) is 3.20. The number of anilines is 1. The minimum absolute atomic E-state index is 0.0455. The molecule has 2 aromatic heterocycles. The van der Waals surface area contributed by atoms with Crippen LogP contribution in [-0.2, 0) is 0 Å². The molecule has 2 atom stereocenters. The van der Waals surface area contributed by atoms with Crippen LogP contribution in [0.1, 0.15) is 31.0 Å². The molecule has 2 amide bonds. The first-order chi connectivity index (χ1) is 12.3. The molecule has 4 heterocycles. The summed E-state index contributed by atoms with van der Waals surface area (Å²) in [6.07, 6.45) is 8.48. The highest BCUT2D eigenvalue weighted by Gasteiger charge is 2.29. The van der Waals surface area contributed by atoms with Crippen LogP contribution in [-0.4, -0.2) is 58.1 Å². The SMILES string of the molecule is O=C(NC1CCN(c2ccccn2)C1)N1CCCC(c2ncc[nH]2)C1. The fraction of sp³-hybridized carbons (Fsp3) is 0.500. The lowest BCUT2D eigenvalue weighted by Crippen LogP contribution is -2.49. The number of likely N-dealkylation sites (tertiary alicyclic amines) is 1. The van der Waals surface area contributed by atoms with E-state index in [1.807, 2.05) is 35.5 Å². The molecule has 7 nitrogen and oxygen atoms in total. The molecule has 2 unspecified atom stereocenters. The highest BCUT2D eigenvalue weighted by atomic mass is 16.2. The highest BCUT2D eigenvalue weighted by molar-refractivity contribution is 5.75. The van der Waals surface area contributed by atoms with E-state index in [0.717, 1.165) is 57.1 Å². The predicted octanol–water partition coefficient (Wildman–Crippen LogP) is 1.97. The van der Waals surface area contributed by atoms with Gasteiger partial charge in [0.1, 0.15) is 11.6 Å². The predicted molar refractivity (Wildman–Crippen MR) is 95.5 cm³/mol. The van der Waals surface area contributed by atoms with Gasteiger partial charge >= 0.3 is 6.03 Å². The zero-order valence-electron chi connectivity index (χ0n) is 14.3. The second kappa shape index (κ2) is 7.13. The van der Waals surface area contributed by atoms with Gasteiger partial charge in [0.25, 0.3) is 0 Å². The van der Waals surface area contributed by atoms with Gasteiger partial charge < -0.3 is 20.1 Å². The summed E-state index contributed by atoms with van der Waals surface area (Å²) in [7, 11) is 0. The van der Waals surface area contributed by atoms with Crippen molar-refractivity contribution in [1.29, 1.82) is 0 Å². The highest BCUT2D eigenvalue weighted by Crippen LogP contribution is 2.24. The van der Waals surface area contributed by atoms with Gasteiger partial charge in [-0.15, -0.1) is 0 Å². The molecule has 4 rings (SSSR count). The number of urea groups is 1. The van der Waals surface area contributed by atoms with Crippen molar-refractivity contribution in [3.05, 3.63) is 42.6 Å². The third kappa shape index (κ3) is 3.60. The molecule has 132 valence electrons. The molecule has 2 fully saturated rings. The van der Waals surface area contributed by atoms with Crippen LogP contribution < -0.4 is 10.2 Å². The second-order valence-electron chi connectivity index (χ2n) is 6.83.